The maximum atomic E-state index is 12.4. The molecule has 1 aromatic heterocycles. The molecule has 0 bridgehead atoms. The van der Waals surface area contributed by atoms with Crippen molar-refractivity contribution >= 4 is 17.8 Å². The van der Waals surface area contributed by atoms with Crippen molar-refractivity contribution in [2.75, 3.05) is 6.54 Å². The summed E-state index contributed by atoms with van der Waals surface area (Å²) in [5, 5.41) is 3.64. The third-order valence-corrected chi connectivity index (χ3v) is 3.11. The van der Waals surface area contributed by atoms with Crippen molar-refractivity contribution in [1.82, 2.24) is 9.78 Å². The quantitative estimate of drug-likeness (QED) is 0.864. The van der Waals surface area contributed by atoms with Gasteiger partial charge in [-0.15, -0.1) is 0 Å². The Kier molecular flexibility index (Phi) is 4.45. The van der Waals surface area contributed by atoms with E-state index in [0.29, 0.717) is 28.7 Å². The first kappa shape index (κ1) is 14.6. The molecule has 2 rings (SSSR count). The molecule has 1 aromatic carbocycles. The number of benzene rings is 1. The van der Waals surface area contributed by atoms with Crippen LogP contribution in [-0.4, -0.2) is 22.5 Å². The fraction of sp³-hybridized carbons (Fsp3) is 0.333. The first-order valence-electron chi connectivity index (χ1n) is 6.56. The Balaban J connectivity index is 2.39. The van der Waals surface area contributed by atoms with Crippen LogP contribution in [0.4, 0.5) is 0 Å². The van der Waals surface area contributed by atoms with E-state index < -0.39 is 0 Å². The highest BCUT2D eigenvalue weighted by Crippen LogP contribution is 2.13. The third kappa shape index (κ3) is 3.20. The van der Waals surface area contributed by atoms with Gasteiger partial charge in [-0.05, 0) is 31.0 Å². The van der Waals surface area contributed by atoms with Crippen LogP contribution in [0.5, 0.6) is 0 Å². The lowest BCUT2D eigenvalue weighted by Crippen LogP contribution is -2.17. The van der Waals surface area contributed by atoms with Gasteiger partial charge in [0.25, 0.3) is 5.56 Å². The smallest absolute Gasteiger partial charge is 0.280 e. The highest BCUT2D eigenvalue weighted by Gasteiger charge is 2.10. The SMILES string of the molecule is Cc1[nH]n(-c2cccc(Cl)c2)c(=O)c1C=NCC(C)C. The maximum absolute atomic E-state index is 12.4. The Bertz CT molecular complexity index is 683. The summed E-state index contributed by atoms with van der Waals surface area (Å²) in [4.78, 5) is 16.7. The van der Waals surface area contributed by atoms with Gasteiger partial charge in [-0.3, -0.25) is 14.9 Å². The van der Waals surface area contributed by atoms with Crippen molar-refractivity contribution < 1.29 is 0 Å². The summed E-state index contributed by atoms with van der Waals surface area (Å²) in [7, 11) is 0. The van der Waals surface area contributed by atoms with Gasteiger partial charge in [-0.2, -0.15) is 0 Å². The first-order chi connectivity index (χ1) is 9.49. The van der Waals surface area contributed by atoms with Crippen LogP contribution in [0.25, 0.3) is 5.69 Å². The molecular formula is C15H18ClN3O. The van der Waals surface area contributed by atoms with Gasteiger partial charge in [0.2, 0.25) is 0 Å². The number of rotatable bonds is 4. The van der Waals surface area contributed by atoms with E-state index in [1.54, 1.807) is 18.3 Å². The summed E-state index contributed by atoms with van der Waals surface area (Å²) < 4.78 is 1.48. The van der Waals surface area contributed by atoms with Gasteiger partial charge < -0.3 is 0 Å². The Morgan fingerprint density at radius 3 is 2.85 bits per heavy atom. The van der Waals surface area contributed by atoms with Gasteiger partial charge in [-0.1, -0.05) is 31.5 Å². The molecule has 0 unspecified atom stereocenters. The minimum absolute atomic E-state index is 0.114. The Morgan fingerprint density at radius 1 is 1.45 bits per heavy atom. The number of aromatic nitrogens is 2. The lowest BCUT2D eigenvalue weighted by Gasteiger charge is -2.01. The van der Waals surface area contributed by atoms with Crippen LogP contribution in [0.1, 0.15) is 25.1 Å². The predicted octanol–water partition coefficient (Wildman–Crippen LogP) is 3.20. The summed E-state index contributed by atoms with van der Waals surface area (Å²) in [6.45, 7) is 6.75. The van der Waals surface area contributed by atoms with Crippen LogP contribution in [0.3, 0.4) is 0 Å². The molecule has 1 heterocycles. The molecule has 0 spiro atoms. The molecule has 0 atom stereocenters. The van der Waals surface area contributed by atoms with Gasteiger partial charge in [0.15, 0.2) is 0 Å². The molecule has 0 saturated carbocycles. The number of nitrogens with one attached hydrogen (secondary N) is 1. The van der Waals surface area contributed by atoms with Gasteiger partial charge >= 0.3 is 0 Å². The standard InChI is InChI=1S/C15H18ClN3O/c1-10(2)8-17-9-14-11(3)18-19(15(14)20)13-6-4-5-12(16)7-13/h4-7,9-10,18H,8H2,1-3H3. The van der Waals surface area contributed by atoms with E-state index in [1.165, 1.54) is 4.68 Å². The van der Waals surface area contributed by atoms with E-state index in [4.69, 9.17) is 11.6 Å². The van der Waals surface area contributed by atoms with E-state index in [-0.39, 0.29) is 5.56 Å². The first-order valence-corrected chi connectivity index (χ1v) is 6.94. The molecule has 0 aliphatic heterocycles. The fourth-order valence-electron chi connectivity index (χ4n) is 1.86. The average Bonchev–Trinajstić information content (AvgIpc) is 2.66. The second kappa shape index (κ2) is 6.09. The van der Waals surface area contributed by atoms with Crippen LogP contribution < -0.4 is 5.56 Å². The molecule has 4 nitrogen and oxygen atoms in total. The average molecular weight is 292 g/mol. The number of aryl methyl sites for hydroxylation is 1. The molecular weight excluding hydrogens is 274 g/mol. The monoisotopic (exact) mass is 291 g/mol. The predicted molar refractivity (Wildman–Crippen MR) is 83.4 cm³/mol. The zero-order chi connectivity index (χ0) is 14.7. The number of hydrogen-bond donors (Lipinski definition) is 1. The fourth-order valence-corrected chi connectivity index (χ4v) is 2.05. The Morgan fingerprint density at radius 2 is 2.20 bits per heavy atom. The van der Waals surface area contributed by atoms with Gasteiger partial charge in [0, 0.05) is 23.5 Å². The van der Waals surface area contributed by atoms with E-state index in [0.717, 1.165) is 5.69 Å². The number of aliphatic imine (C=N–C) groups is 1. The summed E-state index contributed by atoms with van der Waals surface area (Å²) in [6.07, 6.45) is 1.65. The molecule has 0 aliphatic rings. The van der Waals surface area contributed by atoms with Crippen molar-refractivity contribution in [2.24, 2.45) is 10.9 Å². The van der Waals surface area contributed by atoms with Gasteiger partial charge in [0.05, 0.1) is 11.3 Å². The van der Waals surface area contributed by atoms with Crippen molar-refractivity contribution in [2.45, 2.75) is 20.8 Å². The van der Waals surface area contributed by atoms with Gasteiger partial charge in [-0.25, -0.2) is 4.68 Å². The zero-order valence-corrected chi connectivity index (χ0v) is 12.6. The molecule has 0 amide bonds. The van der Waals surface area contributed by atoms with Crippen LogP contribution >= 0.6 is 11.6 Å². The minimum atomic E-state index is -0.114. The molecule has 2 aromatic rings. The molecule has 0 radical (unpaired) electrons. The van der Waals surface area contributed by atoms with Crippen LogP contribution in [0, 0.1) is 12.8 Å². The van der Waals surface area contributed by atoms with E-state index in [2.05, 4.69) is 23.9 Å². The molecule has 1 N–H and O–H groups in total. The second-order valence-corrected chi connectivity index (χ2v) is 5.60. The Labute approximate surface area is 123 Å². The normalized spacial score (nSPS) is 11.7. The van der Waals surface area contributed by atoms with Crippen molar-refractivity contribution in [3.8, 4) is 5.69 Å². The summed E-state index contributed by atoms with van der Waals surface area (Å²) in [5.41, 5.74) is 1.99. The van der Waals surface area contributed by atoms with Crippen molar-refractivity contribution in [3.63, 3.8) is 0 Å². The molecule has 0 saturated heterocycles. The van der Waals surface area contributed by atoms with Crippen molar-refractivity contribution in [1.29, 1.82) is 0 Å². The van der Waals surface area contributed by atoms with Crippen LogP contribution in [0.2, 0.25) is 5.02 Å². The number of halogens is 1. The largest absolute Gasteiger partial charge is 0.295 e. The highest BCUT2D eigenvalue weighted by molar-refractivity contribution is 6.30. The second-order valence-electron chi connectivity index (χ2n) is 5.16. The maximum Gasteiger partial charge on any atom is 0.280 e. The number of aromatic amines is 1. The van der Waals surface area contributed by atoms with E-state index >= 15 is 0 Å². The third-order valence-electron chi connectivity index (χ3n) is 2.87. The van der Waals surface area contributed by atoms with Crippen LogP contribution in [-0.2, 0) is 0 Å². The highest BCUT2D eigenvalue weighted by atomic mass is 35.5. The van der Waals surface area contributed by atoms with Crippen molar-refractivity contribution in [3.05, 3.63) is 50.9 Å². The van der Waals surface area contributed by atoms with Crippen LogP contribution in [0.15, 0.2) is 34.1 Å². The number of hydrogen-bond acceptors (Lipinski definition) is 2. The summed E-state index contributed by atoms with van der Waals surface area (Å²) in [6, 6.07) is 7.16. The molecule has 5 heteroatoms. The molecule has 20 heavy (non-hydrogen) atoms. The summed E-state index contributed by atoms with van der Waals surface area (Å²) in [5.74, 6) is 0.473. The molecule has 106 valence electrons. The lowest BCUT2D eigenvalue weighted by atomic mass is 10.2. The number of H-pyrrole nitrogens is 1. The van der Waals surface area contributed by atoms with E-state index in [1.807, 2.05) is 19.1 Å². The topological polar surface area (TPSA) is 50.1 Å². The Hall–Kier alpha value is -1.81. The zero-order valence-electron chi connectivity index (χ0n) is 11.9. The molecule has 0 aliphatic carbocycles. The van der Waals surface area contributed by atoms with Gasteiger partial charge in [0.1, 0.15) is 0 Å². The summed E-state index contributed by atoms with van der Waals surface area (Å²) >= 11 is 5.96. The number of nitrogens with zero attached hydrogens (tertiary/aromatic N) is 2. The molecule has 0 fully saturated rings. The lowest BCUT2D eigenvalue weighted by molar-refractivity contribution is 0.667. The van der Waals surface area contributed by atoms with E-state index in [9.17, 15) is 4.79 Å². The minimum Gasteiger partial charge on any atom is -0.295 e.